The fourth-order valence-corrected chi connectivity index (χ4v) is 2.71. The molecule has 106 valence electrons. The minimum Gasteiger partial charge on any atom is -0.351 e. The maximum absolute atomic E-state index is 12.9. The van der Waals surface area contributed by atoms with Crippen LogP contribution in [0.5, 0.6) is 0 Å². The van der Waals surface area contributed by atoms with Crippen LogP contribution < -0.4 is 10.6 Å². The summed E-state index contributed by atoms with van der Waals surface area (Å²) in [7, 11) is 1.88. The van der Waals surface area contributed by atoms with Gasteiger partial charge in [0.05, 0.1) is 4.88 Å². The Bertz CT molecular complexity index is 566. The van der Waals surface area contributed by atoms with Gasteiger partial charge in [-0.05, 0) is 49.8 Å². The van der Waals surface area contributed by atoms with E-state index in [0.717, 1.165) is 23.4 Å². The molecule has 1 aromatic heterocycles. The van der Waals surface area contributed by atoms with Crippen molar-refractivity contribution in [3.8, 4) is 10.4 Å². The Hall–Kier alpha value is -1.72. The van der Waals surface area contributed by atoms with Crippen molar-refractivity contribution in [3.05, 3.63) is 47.1 Å². The second-order valence-electron chi connectivity index (χ2n) is 4.38. The number of carbonyl (C=O) groups excluding carboxylic acids is 1. The Morgan fingerprint density at radius 1 is 1.15 bits per heavy atom. The number of amides is 1. The van der Waals surface area contributed by atoms with Crippen molar-refractivity contribution < 1.29 is 9.18 Å². The van der Waals surface area contributed by atoms with E-state index in [1.165, 1.54) is 23.5 Å². The van der Waals surface area contributed by atoms with E-state index in [4.69, 9.17) is 0 Å². The summed E-state index contributed by atoms with van der Waals surface area (Å²) in [6.45, 7) is 1.54. The van der Waals surface area contributed by atoms with Gasteiger partial charge in [-0.2, -0.15) is 0 Å². The molecule has 1 aromatic carbocycles. The number of nitrogens with one attached hydrogen (secondary N) is 2. The average Bonchev–Trinajstić information content (AvgIpc) is 2.94. The van der Waals surface area contributed by atoms with Gasteiger partial charge in [0.2, 0.25) is 0 Å². The van der Waals surface area contributed by atoms with Crippen LogP contribution >= 0.6 is 11.3 Å². The molecule has 0 aliphatic rings. The third-order valence-electron chi connectivity index (χ3n) is 2.85. The molecular weight excluding hydrogens is 275 g/mol. The Kier molecular flexibility index (Phi) is 5.26. The van der Waals surface area contributed by atoms with Crippen LogP contribution in [0.15, 0.2) is 36.4 Å². The van der Waals surface area contributed by atoms with Crippen LogP contribution in [0.4, 0.5) is 4.39 Å². The fourth-order valence-electron chi connectivity index (χ4n) is 1.78. The molecular formula is C15H17FN2OS. The molecule has 0 aliphatic carbocycles. The molecule has 2 rings (SSSR count). The molecule has 2 N–H and O–H groups in total. The quantitative estimate of drug-likeness (QED) is 0.804. The van der Waals surface area contributed by atoms with Gasteiger partial charge in [-0.25, -0.2) is 4.39 Å². The van der Waals surface area contributed by atoms with Crippen molar-refractivity contribution in [3.63, 3.8) is 0 Å². The number of rotatable bonds is 6. The van der Waals surface area contributed by atoms with Gasteiger partial charge in [-0.1, -0.05) is 12.1 Å². The summed E-state index contributed by atoms with van der Waals surface area (Å²) in [6, 6.07) is 9.97. The Morgan fingerprint density at radius 3 is 2.60 bits per heavy atom. The van der Waals surface area contributed by atoms with E-state index < -0.39 is 0 Å². The average molecular weight is 292 g/mol. The molecule has 0 radical (unpaired) electrons. The maximum atomic E-state index is 12.9. The van der Waals surface area contributed by atoms with Gasteiger partial charge in [0.25, 0.3) is 5.91 Å². The lowest BCUT2D eigenvalue weighted by Crippen LogP contribution is -2.25. The second kappa shape index (κ2) is 7.17. The van der Waals surface area contributed by atoms with Crippen molar-refractivity contribution in [2.45, 2.75) is 6.42 Å². The number of benzene rings is 1. The van der Waals surface area contributed by atoms with Crippen LogP contribution in [-0.2, 0) is 0 Å². The Balaban J connectivity index is 1.98. The van der Waals surface area contributed by atoms with E-state index in [-0.39, 0.29) is 11.7 Å². The maximum Gasteiger partial charge on any atom is 0.261 e. The molecule has 0 spiro atoms. The van der Waals surface area contributed by atoms with Gasteiger partial charge in [0.15, 0.2) is 0 Å². The Morgan fingerprint density at radius 2 is 1.90 bits per heavy atom. The van der Waals surface area contributed by atoms with Gasteiger partial charge in [-0.3, -0.25) is 4.79 Å². The highest BCUT2D eigenvalue weighted by Gasteiger charge is 2.09. The van der Waals surface area contributed by atoms with Gasteiger partial charge in [-0.15, -0.1) is 11.3 Å². The zero-order valence-electron chi connectivity index (χ0n) is 11.3. The lowest BCUT2D eigenvalue weighted by Gasteiger charge is -2.02. The van der Waals surface area contributed by atoms with E-state index >= 15 is 0 Å². The standard InChI is InChI=1S/C15H17FN2OS/c1-17-9-2-10-18-15(19)14-8-7-13(20-14)11-3-5-12(16)6-4-11/h3-8,17H,2,9-10H2,1H3,(H,18,19). The van der Waals surface area contributed by atoms with Gasteiger partial charge in [0.1, 0.15) is 5.82 Å². The van der Waals surface area contributed by atoms with Crippen LogP contribution in [0.2, 0.25) is 0 Å². The van der Waals surface area contributed by atoms with Crippen molar-refractivity contribution in [1.29, 1.82) is 0 Å². The van der Waals surface area contributed by atoms with Crippen molar-refractivity contribution in [2.75, 3.05) is 20.1 Å². The monoisotopic (exact) mass is 292 g/mol. The molecule has 5 heteroatoms. The molecule has 0 saturated heterocycles. The summed E-state index contributed by atoms with van der Waals surface area (Å²) >= 11 is 1.41. The van der Waals surface area contributed by atoms with E-state index in [0.29, 0.717) is 11.4 Å². The summed E-state index contributed by atoms with van der Waals surface area (Å²) in [4.78, 5) is 13.6. The van der Waals surface area contributed by atoms with E-state index in [1.807, 2.05) is 13.1 Å². The lowest BCUT2D eigenvalue weighted by atomic mass is 10.2. The highest BCUT2D eigenvalue weighted by atomic mass is 32.1. The molecule has 0 aliphatic heterocycles. The molecule has 1 amide bonds. The first-order valence-electron chi connectivity index (χ1n) is 6.49. The molecule has 0 fully saturated rings. The smallest absolute Gasteiger partial charge is 0.261 e. The molecule has 0 bridgehead atoms. The molecule has 20 heavy (non-hydrogen) atoms. The number of thiophene rings is 1. The van der Waals surface area contributed by atoms with Crippen LogP contribution in [0.3, 0.4) is 0 Å². The predicted molar refractivity (Wildman–Crippen MR) is 80.6 cm³/mol. The van der Waals surface area contributed by atoms with E-state index in [9.17, 15) is 9.18 Å². The normalized spacial score (nSPS) is 10.5. The highest BCUT2D eigenvalue weighted by molar-refractivity contribution is 7.17. The first kappa shape index (κ1) is 14.7. The van der Waals surface area contributed by atoms with Gasteiger partial charge >= 0.3 is 0 Å². The predicted octanol–water partition coefficient (Wildman–Crippen LogP) is 2.89. The van der Waals surface area contributed by atoms with Crippen LogP contribution in [0, 0.1) is 5.82 Å². The summed E-state index contributed by atoms with van der Waals surface area (Å²) < 4.78 is 12.9. The zero-order chi connectivity index (χ0) is 14.4. The first-order valence-corrected chi connectivity index (χ1v) is 7.31. The zero-order valence-corrected chi connectivity index (χ0v) is 12.1. The second-order valence-corrected chi connectivity index (χ2v) is 5.47. The fraction of sp³-hybridized carbons (Fsp3) is 0.267. The van der Waals surface area contributed by atoms with Crippen LogP contribution in [-0.4, -0.2) is 26.0 Å². The highest BCUT2D eigenvalue weighted by Crippen LogP contribution is 2.28. The molecule has 3 nitrogen and oxygen atoms in total. The topological polar surface area (TPSA) is 41.1 Å². The van der Waals surface area contributed by atoms with Crippen molar-refractivity contribution in [2.24, 2.45) is 0 Å². The van der Waals surface area contributed by atoms with Crippen LogP contribution in [0.1, 0.15) is 16.1 Å². The summed E-state index contributed by atoms with van der Waals surface area (Å²) in [5.74, 6) is -0.313. The van der Waals surface area contributed by atoms with Crippen molar-refractivity contribution >= 4 is 17.2 Å². The van der Waals surface area contributed by atoms with Gasteiger partial charge in [0, 0.05) is 11.4 Å². The molecule has 1 heterocycles. The summed E-state index contributed by atoms with van der Waals surface area (Å²) in [5, 5.41) is 5.91. The minimum absolute atomic E-state index is 0.0561. The summed E-state index contributed by atoms with van der Waals surface area (Å²) in [6.07, 6.45) is 0.901. The van der Waals surface area contributed by atoms with Crippen LogP contribution in [0.25, 0.3) is 10.4 Å². The first-order chi connectivity index (χ1) is 9.70. The van der Waals surface area contributed by atoms with E-state index in [2.05, 4.69) is 10.6 Å². The molecule has 0 saturated carbocycles. The molecule has 0 unspecified atom stereocenters. The largest absolute Gasteiger partial charge is 0.351 e. The minimum atomic E-state index is -0.257. The number of carbonyl (C=O) groups is 1. The number of hydrogen-bond acceptors (Lipinski definition) is 3. The SMILES string of the molecule is CNCCCNC(=O)c1ccc(-c2ccc(F)cc2)s1. The third kappa shape index (κ3) is 3.88. The summed E-state index contributed by atoms with van der Waals surface area (Å²) in [5.41, 5.74) is 0.922. The van der Waals surface area contributed by atoms with E-state index in [1.54, 1.807) is 18.2 Å². The van der Waals surface area contributed by atoms with Crippen molar-refractivity contribution in [1.82, 2.24) is 10.6 Å². The number of halogens is 1. The third-order valence-corrected chi connectivity index (χ3v) is 3.98. The molecule has 2 aromatic rings. The lowest BCUT2D eigenvalue weighted by molar-refractivity contribution is 0.0957. The number of hydrogen-bond donors (Lipinski definition) is 2. The molecule has 0 atom stereocenters. The van der Waals surface area contributed by atoms with Gasteiger partial charge < -0.3 is 10.6 Å². The Labute approximate surface area is 121 Å².